The summed E-state index contributed by atoms with van der Waals surface area (Å²) in [5.74, 6) is 0.569. The van der Waals surface area contributed by atoms with Gasteiger partial charge in [0.05, 0.1) is 12.2 Å². The molecular formula is C20H25NO2. The third-order valence-electron chi connectivity index (χ3n) is 3.78. The second kappa shape index (κ2) is 6.45. The molecule has 3 nitrogen and oxygen atoms in total. The zero-order chi connectivity index (χ0) is 17.2. The number of carbonyl (C=O) groups is 1. The molecule has 2 rings (SSSR count). The second-order valence-electron chi connectivity index (χ2n) is 6.79. The number of rotatable bonds is 4. The Morgan fingerprint density at radius 2 is 1.78 bits per heavy atom. The number of nitrogens with two attached hydrogens (primary N) is 1. The number of para-hydroxylation sites is 1. The van der Waals surface area contributed by atoms with Crippen molar-refractivity contribution in [3.63, 3.8) is 0 Å². The summed E-state index contributed by atoms with van der Waals surface area (Å²) in [6, 6.07) is 11.1. The molecule has 0 aliphatic carbocycles. The molecule has 23 heavy (non-hydrogen) atoms. The highest BCUT2D eigenvalue weighted by Crippen LogP contribution is 2.37. The van der Waals surface area contributed by atoms with Gasteiger partial charge in [-0.1, -0.05) is 39.0 Å². The molecule has 0 fully saturated rings. The number of carbonyl (C=O) groups excluding carboxylic acids is 1. The fraction of sp³-hybridized carbons (Fsp3) is 0.350. The van der Waals surface area contributed by atoms with E-state index in [1.165, 1.54) is 0 Å². The van der Waals surface area contributed by atoms with Crippen molar-refractivity contribution in [1.29, 1.82) is 0 Å². The molecule has 0 spiro atoms. The summed E-state index contributed by atoms with van der Waals surface area (Å²) in [6.45, 7) is 10.8. The Morgan fingerprint density at radius 1 is 1.13 bits per heavy atom. The number of benzene rings is 2. The fourth-order valence-corrected chi connectivity index (χ4v) is 2.65. The van der Waals surface area contributed by atoms with E-state index < -0.39 is 0 Å². The van der Waals surface area contributed by atoms with E-state index >= 15 is 0 Å². The summed E-state index contributed by atoms with van der Waals surface area (Å²) in [7, 11) is 0. The molecule has 0 atom stereocenters. The van der Waals surface area contributed by atoms with Crippen molar-refractivity contribution in [2.75, 3.05) is 12.3 Å². The minimum Gasteiger partial charge on any atom is -0.493 e. The molecule has 0 bridgehead atoms. The van der Waals surface area contributed by atoms with Gasteiger partial charge in [-0.3, -0.25) is 4.79 Å². The Labute approximate surface area is 138 Å². The van der Waals surface area contributed by atoms with E-state index in [-0.39, 0.29) is 11.2 Å². The smallest absolute Gasteiger partial charge is 0.198 e. The van der Waals surface area contributed by atoms with Crippen LogP contribution >= 0.6 is 0 Å². The van der Waals surface area contributed by atoms with Crippen LogP contribution in [0.4, 0.5) is 5.69 Å². The maximum atomic E-state index is 13.0. The fourth-order valence-electron chi connectivity index (χ4n) is 2.65. The maximum absolute atomic E-state index is 13.0. The molecule has 0 heterocycles. The van der Waals surface area contributed by atoms with Gasteiger partial charge in [-0.15, -0.1) is 0 Å². The summed E-state index contributed by atoms with van der Waals surface area (Å²) >= 11 is 0. The lowest BCUT2D eigenvalue weighted by molar-refractivity contribution is 0.103. The van der Waals surface area contributed by atoms with Crippen LogP contribution in [0.3, 0.4) is 0 Å². The van der Waals surface area contributed by atoms with E-state index in [0.29, 0.717) is 29.2 Å². The molecule has 0 saturated carbocycles. The van der Waals surface area contributed by atoms with Gasteiger partial charge in [0.25, 0.3) is 0 Å². The van der Waals surface area contributed by atoms with Gasteiger partial charge in [0.1, 0.15) is 5.75 Å². The molecule has 3 heteroatoms. The summed E-state index contributed by atoms with van der Waals surface area (Å²) in [4.78, 5) is 13.0. The molecule has 0 aromatic heterocycles. The first-order valence-corrected chi connectivity index (χ1v) is 7.92. The van der Waals surface area contributed by atoms with Gasteiger partial charge < -0.3 is 10.5 Å². The highest BCUT2D eigenvalue weighted by molar-refractivity contribution is 6.13. The van der Waals surface area contributed by atoms with E-state index in [4.69, 9.17) is 10.5 Å². The van der Waals surface area contributed by atoms with Gasteiger partial charge >= 0.3 is 0 Å². The summed E-state index contributed by atoms with van der Waals surface area (Å²) in [5.41, 5.74) is 9.52. The van der Waals surface area contributed by atoms with Crippen molar-refractivity contribution >= 4 is 11.5 Å². The highest BCUT2D eigenvalue weighted by atomic mass is 16.5. The van der Waals surface area contributed by atoms with Crippen LogP contribution in [0.2, 0.25) is 0 Å². The quantitative estimate of drug-likeness (QED) is 0.668. The standard InChI is InChI=1S/C20H25NO2/c1-6-23-19-15(11-13(2)12-16(19)20(3,4)5)18(22)14-9-7-8-10-17(14)21/h7-12H,6,21H2,1-5H3. The molecule has 0 unspecified atom stereocenters. The number of ketones is 1. The molecule has 0 aliphatic rings. The average Bonchev–Trinajstić information content (AvgIpc) is 2.47. The van der Waals surface area contributed by atoms with Crippen LogP contribution in [0, 0.1) is 6.92 Å². The van der Waals surface area contributed by atoms with E-state index in [9.17, 15) is 4.79 Å². The van der Waals surface area contributed by atoms with Crippen LogP contribution in [-0.2, 0) is 5.41 Å². The summed E-state index contributed by atoms with van der Waals surface area (Å²) in [6.07, 6.45) is 0. The minimum atomic E-state index is -0.117. The van der Waals surface area contributed by atoms with Crippen molar-refractivity contribution in [3.05, 3.63) is 58.7 Å². The lowest BCUT2D eigenvalue weighted by Crippen LogP contribution is -2.17. The highest BCUT2D eigenvalue weighted by Gasteiger charge is 2.26. The molecule has 0 saturated heterocycles. The molecule has 2 N–H and O–H groups in total. The maximum Gasteiger partial charge on any atom is 0.198 e. The first-order chi connectivity index (χ1) is 10.8. The molecule has 2 aromatic carbocycles. The predicted molar refractivity (Wildman–Crippen MR) is 95.3 cm³/mol. The third-order valence-corrected chi connectivity index (χ3v) is 3.78. The Morgan fingerprint density at radius 3 is 2.35 bits per heavy atom. The summed E-state index contributed by atoms with van der Waals surface area (Å²) < 4.78 is 5.87. The van der Waals surface area contributed by atoms with Crippen molar-refractivity contribution in [2.45, 2.75) is 40.0 Å². The van der Waals surface area contributed by atoms with Crippen molar-refractivity contribution in [2.24, 2.45) is 0 Å². The van der Waals surface area contributed by atoms with E-state index in [0.717, 1.165) is 11.1 Å². The van der Waals surface area contributed by atoms with Gasteiger partial charge in [0.2, 0.25) is 0 Å². The van der Waals surface area contributed by atoms with Gasteiger partial charge in [-0.2, -0.15) is 0 Å². The number of hydrogen-bond acceptors (Lipinski definition) is 3. The Balaban J connectivity index is 2.68. The van der Waals surface area contributed by atoms with Gasteiger partial charge in [-0.25, -0.2) is 0 Å². The minimum absolute atomic E-state index is 0.0965. The third kappa shape index (κ3) is 3.55. The van der Waals surface area contributed by atoms with Crippen molar-refractivity contribution in [3.8, 4) is 5.75 Å². The van der Waals surface area contributed by atoms with Crippen LogP contribution < -0.4 is 10.5 Å². The van der Waals surface area contributed by atoms with Crippen LogP contribution in [-0.4, -0.2) is 12.4 Å². The topological polar surface area (TPSA) is 52.3 Å². The van der Waals surface area contributed by atoms with Crippen molar-refractivity contribution in [1.82, 2.24) is 0 Å². The molecule has 0 radical (unpaired) electrons. The monoisotopic (exact) mass is 311 g/mol. The zero-order valence-electron chi connectivity index (χ0n) is 14.6. The lowest BCUT2D eigenvalue weighted by atomic mass is 9.83. The molecular weight excluding hydrogens is 286 g/mol. The van der Waals surface area contributed by atoms with Gasteiger partial charge in [0, 0.05) is 16.8 Å². The summed E-state index contributed by atoms with van der Waals surface area (Å²) in [5, 5.41) is 0. The number of ether oxygens (including phenoxy) is 1. The first kappa shape index (κ1) is 17.1. The van der Waals surface area contributed by atoms with Crippen LogP contribution in [0.15, 0.2) is 36.4 Å². The predicted octanol–water partition coefficient (Wildman–Crippen LogP) is 4.50. The number of hydrogen-bond donors (Lipinski definition) is 1. The first-order valence-electron chi connectivity index (χ1n) is 7.92. The van der Waals surface area contributed by atoms with E-state index in [2.05, 4.69) is 26.8 Å². The van der Waals surface area contributed by atoms with Crippen molar-refractivity contribution < 1.29 is 9.53 Å². The number of aryl methyl sites for hydroxylation is 1. The van der Waals surface area contributed by atoms with Crippen LogP contribution in [0.1, 0.15) is 54.7 Å². The Bertz CT molecular complexity index is 727. The normalized spacial score (nSPS) is 11.3. The second-order valence-corrected chi connectivity index (χ2v) is 6.79. The number of anilines is 1. The lowest BCUT2D eigenvalue weighted by Gasteiger charge is -2.25. The van der Waals surface area contributed by atoms with Crippen LogP contribution in [0.5, 0.6) is 5.75 Å². The molecule has 0 aliphatic heterocycles. The van der Waals surface area contributed by atoms with Gasteiger partial charge in [-0.05, 0) is 43.0 Å². The van der Waals surface area contributed by atoms with Gasteiger partial charge in [0.15, 0.2) is 5.78 Å². The van der Waals surface area contributed by atoms with Crippen LogP contribution in [0.25, 0.3) is 0 Å². The Kier molecular flexibility index (Phi) is 4.79. The van der Waals surface area contributed by atoms with E-state index in [1.54, 1.807) is 12.1 Å². The molecule has 2 aromatic rings. The van der Waals surface area contributed by atoms with E-state index in [1.807, 2.05) is 32.0 Å². The SMILES string of the molecule is CCOc1c(C(=O)c2ccccc2N)cc(C)cc1C(C)(C)C. The average molecular weight is 311 g/mol. The largest absolute Gasteiger partial charge is 0.493 e. The molecule has 0 amide bonds. The zero-order valence-corrected chi connectivity index (χ0v) is 14.6. The number of nitrogen functional groups attached to an aromatic ring is 1. The Hall–Kier alpha value is -2.29. The molecule has 122 valence electrons.